The first-order chi connectivity index (χ1) is 11.7. The van der Waals surface area contributed by atoms with E-state index in [0.29, 0.717) is 5.92 Å². The molecule has 3 heterocycles. The van der Waals surface area contributed by atoms with Crippen molar-refractivity contribution in [3.8, 4) is 0 Å². The van der Waals surface area contributed by atoms with Crippen LogP contribution in [0.1, 0.15) is 28.8 Å². The fraction of sp³-hybridized carbons (Fsp3) is 0.389. The van der Waals surface area contributed by atoms with Crippen LogP contribution in [0.15, 0.2) is 36.2 Å². The topological polar surface area (TPSA) is 51.0 Å². The van der Waals surface area contributed by atoms with Gasteiger partial charge in [-0.3, -0.25) is 9.48 Å². The Hall–Kier alpha value is -2.21. The van der Waals surface area contributed by atoms with E-state index in [1.165, 1.54) is 10.3 Å². The number of amides is 1. The number of benzene rings is 1. The van der Waals surface area contributed by atoms with Gasteiger partial charge in [-0.25, -0.2) is 4.98 Å². The number of carbonyl (C=O) groups is 1. The lowest BCUT2D eigenvalue weighted by molar-refractivity contribution is 0.0662. The summed E-state index contributed by atoms with van der Waals surface area (Å²) in [6, 6.07) is 6.31. The van der Waals surface area contributed by atoms with Gasteiger partial charge in [0.1, 0.15) is 12.7 Å². The minimum atomic E-state index is 0.161. The van der Waals surface area contributed by atoms with E-state index in [-0.39, 0.29) is 5.91 Å². The minimum absolute atomic E-state index is 0.161. The first-order valence-electron chi connectivity index (χ1n) is 8.30. The van der Waals surface area contributed by atoms with Crippen molar-refractivity contribution < 1.29 is 4.79 Å². The number of carbonyl (C=O) groups excluding carboxylic acids is 1. The fourth-order valence-electron chi connectivity index (χ4n) is 3.46. The van der Waals surface area contributed by atoms with Crippen molar-refractivity contribution in [2.24, 2.45) is 5.92 Å². The van der Waals surface area contributed by atoms with Gasteiger partial charge in [-0.05, 0) is 37.3 Å². The summed E-state index contributed by atoms with van der Waals surface area (Å²) in [5.74, 6) is 0.602. The van der Waals surface area contributed by atoms with Crippen LogP contribution in [0.4, 0.5) is 0 Å². The molecular weight excluding hydrogens is 320 g/mol. The number of thiophene rings is 1. The Kier molecular flexibility index (Phi) is 4.06. The summed E-state index contributed by atoms with van der Waals surface area (Å²) >= 11 is 1.66. The third kappa shape index (κ3) is 2.94. The highest BCUT2D eigenvalue weighted by molar-refractivity contribution is 7.17. The second-order valence-corrected chi connectivity index (χ2v) is 7.44. The number of aromatic nitrogens is 3. The van der Waals surface area contributed by atoms with Crippen molar-refractivity contribution in [1.82, 2.24) is 19.7 Å². The average Bonchev–Trinajstić information content (AvgIpc) is 3.23. The van der Waals surface area contributed by atoms with Crippen molar-refractivity contribution in [1.29, 1.82) is 0 Å². The number of hydrogen-bond donors (Lipinski definition) is 0. The Labute approximate surface area is 144 Å². The molecule has 0 radical (unpaired) electrons. The number of nitrogens with zero attached hydrogens (tertiary/aromatic N) is 4. The highest BCUT2D eigenvalue weighted by Gasteiger charge is 2.26. The van der Waals surface area contributed by atoms with Crippen molar-refractivity contribution in [2.45, 2.75) is 26.3 Å². The summed E-state index contributed by atoms with van der Waals surface area (Å²) in [5, 5.41) is 7.27. The van der Waals surface area contributed by atoms with Gasteiger partial charge in [-0.2, -0.15) is 5.10 Å². The average molecular weight is 340 g/mol. The second kappa shape index (κ2) is 6.36. The lowest BCUT2D eigenvalue weighted by Gasteiger charge is -2.32. The number of likely N-dealkylation sites (tertiary alicyclic amines) is 1. The first-order valence-corrected chi connectivity index (χ1v) is 9.18. The van der Waals surface area contributed by atoms with E-state index in [9.17, 15) is 4.79 Å². The standard InChI is InChI=1S/C18H20N4OS/c1-13-4-5-15-16(10-24-17(15)7-13)18(23)21-6-2-3-14(8-21)9-22-12-19-11-20-22/h4-5,7,10-12,14H,2-3,6,8-9H2,1H3/t14-/m0/s1. The smallest absolute Gasteiger partial charge is 0.255 e. The maximum atomic E-state index is 13.0. The molecule has 1 aliphatic heterocycles. The van der Waals surface area contributed by atoms with Crippen molar-refractivity contribution in [2.75, 3.05) is 13.1 Å². The van der Waals surface area contributed by atoms with Crippen LogP contribution in [-0.4, -0.2) is 38.7 Å². The molecule has 1 fully saturated rings. The normalized spacial score (nSPS) is 18.2. The molecule has 24 heavy (non-hydrogen) atoms. The monoisotopic (exact) mass is 340 g/mol. The number of piperidine rings is 1. The highest BCUT2D eigenvalue weighted by Crippen LogP contribution is 2.29. The van der Waals surface area contributed by atoms with E-state index >= 15 is 0 Å². The number of hydrogen-bond acceptors (Lipinski definition) is 4. The molecular formula is C18H20N4OS. The predicted molar refractivity (Wildman–Crippen MR) is 95.2 cm³/mol. The zero-order chi connectivity index (χ0) is 16.5. The van der Waals surface area contributed by atoms with Gasteiger partial charge in [-0.1, -0.05) is 12.1 Å². The van der Waals surface area contributed by atoms with Crippen LogP contribution in [0.25, 0.3) is 10.1 Å². The summed E-state index contributed by atoms with van der Waals surface area (Å²) < 4.78 is 3.05. The van der Waals surface area contributed by atoms with Crippen LogP contribution in [0.2, 0.25) is 0 Å². The third-order valence-electron chi connectivity index (χ3n) is 4.68. The molecule has 0 aliphatic carbocycles. The zero-order valence-electron chi connectivity index (χ0n) is 13.7. The predicted octanol–water partition coefficient (Wildman–Crippen LogP) is 3.35. The van der Waals surface area contributed by atoms with Gasteiger partial charge in [0.15, 0.2) is 0 Å². The van der Waals surface area contributed by atoms with Gasteiger partial charge in [0.05, 0.1) is 5.56 Å². The van der Waals surface area contributed by atoms with E-state index in [2.05, 4.69) is 35.2 Å². The summed E-state index contributed by atoms with van der Waals surface area (Å²) in [6.45, 7) is 4.55. The third-order valence-corrected chi connectivity index (χ3v) is 5.62. The Morgan fingerprint density at radius 1 is 1.42 bits per heavy atom. The minimum Gasteiger partial charge on any atom is -0.338 e. The molecule has 1 saturated heterocycles. The Balaban J connectivity index is 1.52. The molecule has 0 saturated carbocycles. The van der Waals surface area contributed by atoms with E-state index in [0.717, 1.165) is 43.4 Å². The molecule has 0 bridgehead atoms. The fourth-order valence-corrected chi connectivity index (χ4v) is 4.49. The maximum Gasteiger partial charge on any atom is 0.255 e. The van der Waals surface area contributed by atoms with E-state index in [4.69, 9.17) is 0 Å². The molecule has 6 heteroatoms. The van der Waals surface area contributed by atoms with Crippen molar-refractivity contribution in [3.63, 3.8) is 0 Å². The van der Waals surface area contributed by atoms with Crippen molar-refractivity contribution in [3.05, 3.63) is 47.4 Å². The molecule has 0 N–H and O–H groups in total. The van der Waals surface area contributed by atoms with Crippen molar-refractivity contribution >= 4 is 27.3 Å². The summed E-state index contributed by atoms with van der Waals surface area (Å²) in [5.41, 5.74) is 2.07. The van der Waals surface area contributed by atoms with Crippen LogP contribution in [0.5, 0.6) is 0 Å². The lowest BCUT2D eigenvalue weighted by Crippen LogP contribution is -2.41. The number of rotatable bonds is 3. The summed E-state index contributed by atoms with van der Waals surface area (Å²) in [7, 11) is 0. The van der Waals surface area contributed by atoms with Crippen LogP contribution in [0, 0.1) is 12.8 Å². The molecule has 3 aromatic rings. The SMILES string of the molecule is Cc1ccc2c(C(=O)N3CCC[C@H](Cn4cncn4)C3)csc2c1. The molecule has 0 spiro atoms. The van der Waals surface area contributed by atoms with Gasteiger partial charge in [0.25, 0.3) is 5.91 Å². The van der Waals surface area contributed by atoms with Crippen LogP contribution < -0.4 is 0 Å². The maximum absolute atomic E-state index is 13.0. The molecule has 1 aromatic carbocycles. The highest BCUT2D eigenvalue weighted by atomic mass is 32.1. The molecule has 1 aliphatic rings. The van der Waals surface area contributed by atoms with Gasteiger partial charge in [0, 0.05) is 35.1 Å². The summed E-state index contributed by atoms with van der Waals surface area (Å²) in [6.07, 6.45) is 5.49. The molecule has 2 aromatic heterocycles. The Morgan fingerprint density at radius 3 is 3.17 bits per heavy atom. The molecule has 1 atom stereocenters. The molecule has 5 nitrogen and oxygen atoms in total. The van der Waals surface area contributed by atoms with Crippen LogP contribution in [-0.2, 0) is 6.54 Å². The largest absolute Gasteiger partial charge is 0.338 e. The van der Waals surface area contributed by atoms with Crippen LogP contribution >= 0.6 is 11.3 Å². The number of aryl methyl sites for hydroxylation is 1. The second-order valence-electron chi connectivity index (χ2n) is 6.53. The lowest BCUT2D eigenvalue weighted by atomic mass is 9.97. The molecule has 4 rings (SSSR count). The molecule has 1 amide bonds. The molecule has 124 valence electrons. The number of fused-ring (bicyclic) bond motifs is 1. The quantitative estimate of drug-likeness (QED) is 0.735. The Morgan fingerprint density at radius 2 is 2.33 bits per heavy atom. The first kappa shape index (κ1) is 15.3. The van der Waals surface area contributed by atoms with E-state index < -0.39 is 0 Å². The van der Waals surface area contributed by atoms with Gasteiger partial charge < -0.3 is 4.90 Å². The van der Waals surface area contributed by atoms with E-state index in [1.807, 2.05) is 15.0 Å². The van der Waals surface area contributed by atoms with Crippen LogP contribution in [0.3, 0.4) is 0 Å². The zero-order valence-corrected chi connectivity index (χ0v) is 14.5. The van der Waals surface area contributed by atoms with Gasteiger partial charge in [0.2, 0.25) is 0 Å². The molecule has 0 unspecified atom stereocenters. The van der Waals surface area contributed by atoms with Gasteiger partial charge >= 0.3 is 0 Å². The Bertz CT molecular complexity index is 855. The van der Waals surface area contributed by atoms with E-state index in [1.54, 1.807) is 24.0 Å². The van der Waals surface area contributed by atoms with Gasteiger partial charge in [-0.15, -0.1) is 11.3 Å². The summed E-state index contributed by atoms with van der Waals surface area (Å²) in [4.78, 5) is 19.0.